The number of benzene rings is 1. The molecular formula is C20H21N5O4S. The minimum atomic E-state index is -0.658. The van der Waals surface area contributed by atoms with E-state index < -0.39 is 17.2 Å². The van der Waals surface area contributed by atoms with Crippen LogP contribution in [-0.4, -0.2) is 40.1 Å². The number of carbonyl (C=O) groups excluding carboxylic acids is 3. The summed E-state index contributed by atoms with van der Waals surface area (Å²) >= 11 is 1.05. The maximum atomic E-state index is 12.7. The molecule has 1 unspecified atom stereocenters. The topological polar surface area (TPSA) is 126 Å². The van der Waals surface area contributed by atoms with Crippen LogP contribution in [0.15, 0.2) is 39.9 Å². The monoisotopic (exact) mass is 427 g/mol. The van der Waals surface area contributed by atoms with Crippen LogP contribution in [0, 0.1) is 13.8 Å². The number of carbonyl (C=O) groups is 3. The van der Waals surface area contributed by atoms with E-state index in [2.05, 4.69) is 25.9 Å². The molecule has 3 N–H and O–H groups in total. The van der Waals surface area contributed by atoms with E-state index in [0.29, 0.717) is 28.2 Å². The van der Waals surface area contributed by atoms with E-state index >= 15 is 0 Å². The Morgan fingerprint density at radius 1 is 1.10 bits per heavy atom. The Morgan fingerprint density at radius 2 is 1.80 bits per heavy atom. The highest BCUT2D eigenvalue weighted by Gasteiger charge is 2.22. The molecule has 0 radical (unpaired) electrons. The molecule has 10 heteroatoms. The first-order valence-electron chi connectivity index (χ1n) is 9.13. The number of urea groups is 1. The molecule has 1 aromatic carbocycles. The van der Waals surface area contributed by atoms with Crippen LogP contribution in [0.5, 0.6) is 0 Å². The maximum Gasteiger partial charge on any atom is 0.321 e. The second-order valence-corrected chi connectivity index (χ2v) is 7.77. The summed E-state index contributed by atoms with van der Waals surface area (Å²) in [5, 5.41) is 7.52. The smallest absolute Gasteiger partial charge is 0.321 e. The van der Waals surface area contributed by atoms with Crippen LogP contribution in [0.1, 0.15) is 28.6 Å². The summed E-state index contributed by atoms with van der Waals surface area (Å²) in [6, 6.07) is 8.15. The Hall–Kier alpha value is -3.40. The number of aromatic nitrogens is 2. The van der Waals surface area contributed by atoms with Crippen LogP contribution in [-0.2, 0) is 4.79 Å². The molecule has 4 amide bonds. The van der Waals surface area contributed by atoms with Crippen LogP contribution < -0.4 is 16.0 Å². The van der Waals surface area contributed by atoms with Gasteiger partial charge in [0.2, 0.25) is 11.6 Å². The minimum absolute atomic E-state index is 0.235. The molecule has 0 fully saturated rings. The van der Waals surface area contributed by atoms with Gasteiger partial charge in [0.1, 0.15) is 11.6 Å². The van der Waals surface area contributed by atoms with Gasteiger partial charge < -0.3 is 15.1 Å². The lowest BCUT2D eigenvalue weighted by atomic mass is 10.2. The van der Waals surface area contributed by atoms with E-state index in [4.69, 9.17) is 4.42 Å². The second-order valence-electron chi connectivity index (χ2n) is 6.47. The average molecular weight is 427 g/mol. The lowest BCUT2D eigenvalue weighted by Crippen LogP contribution is -2.41. The van der Waals surface area contributed by atoms with Gasteiger partial charge in [-0.3, -0.25) is 14.9 Å². The van der Waals surface area contributed by atoms with Gasteiger partial charge in [0.25, 0.3) is 5.91 Å². The molecular weight excluding hydrogens is 406 g/mol. The van der Waals surface area contributed by atoms with Crippen LogP contribution in [0.3, 0.4) is 0 Å². The molecule has 30 heavy (non-hydrogen) atoms. The van der Waals surface area contributed by atoms with Crippen molar-refractivity contribution >= 4 is 46.5 Å². The fourth-order valence-corrected chi connectivity index (χ4v) is 3.39. The van der Waals surface area contributed by atoms with Gasteiger partial charge in [-0.1, -0.05) is 30.0 Å². The van der Waals surface area contributed by atoms with Crippen LogP contribution in [0.25, 0.3) is 11.1 Å². The zero-order valence-electron chi connectivity index (χ0n) is 16.9. The zero-order chi connectivity index (χ0) is 21.8. The van der Waals surface area contributed by atoms with Gasteiger partial charge in [0.15, 0.2) is 5.16 Å². The van der Waals surface area contributed by atoms with E-state index in [1.807, 2.05) is 13.0 Å². The maximum absolute atomic E-state index is 12.7. The molecule has 0 aliphatic heterocycles. The number of hydrogen-bond acceptors (Lipinski definition) is 7. The first kappa shape index (κ1) is 21.3. The van der Waals surface area contributed by atoms with Crippen molar-refractivity contribution in [2.24, 2.45) is 0 Å². The van der Waals surface area contributed by atoms with E-state index in [9.17, 15) is 14.4 Å². The Balaban J connectivity index is 1.92. The molecule has 0 spiro atoms. The van der Waals surface area contributed by atoms with Gasteiger partial charge in [-0.15, -0.1) is 0 Å². The number of anilines is 1. The van der Waals surface area contributed by atoms with Gasteiger partial charge in [-0.2, -0.15) is 4.98 Å². The molecule has 0 saturated heterocycles. The van der Waals surface area contributed by atoms with E-state index in [0.717, 1.165) is 17.3 Å². The molecule has 3 aromatic rings. The Labute approximate surface area is 177 Å². The summed E-state index contributed by atoms with van der Waals surface area (Å²) in [6.07, 6.45) is 0. The Kier molecular flexibility index (Phi) is 6.36. The number of imide groups is 1. The number of nitrogens with one attached hydrogen (secondary N) is 3. The fraction of sp³-hybridized carbons (Fsp3) is 0.250. The van der Waals surface area contributed by atoms with E-state index in [1.165, 1.54) is 7.05 Å². The number of amides is 4. The molecule has 0 saturated carbocycles. The molecule has 9 nitrogen and oxygen atoms in total. The highest BCUT2D eigenvalue weighted by molar-refractivity contribution is 8.00. The van der Waals surface area contributed by atoms with Gasteiger partial charge >= 0.3 is 6.03 Å². The quantitative estimate of drug-likeness (QED) is 0.422. The largest absolute Gasteiger partial charge is 0.443 e. The lowest BCUT2D eigenvalue weighted by molar-refractivity contribution is -0.119. The predicted molar refractivity (Wildman–Crippen MR) is 114 cm³/mol. The standard InChI is InChI=1S/C20H21N5O4S/c1-10-11(2)29-18-14(10)15(22-17(27)13-8-6-5-7-9-13)23-20(25-18)30-12(3)16(26)24-19(28)21-4/h5-9,12H,1-4H3,(H2,21,24,26,28)(H,22,23,25,27). The van der Waals surface area contributed by atoms with Gasteiger partial charge in [0.05, 0.1) is 10.6 Å². The molecule has 1 atom stereocenters. The Bertz CT molecular complexity index is 1110. The molecule has 3 rings (SSSR count). The summed E-state index contributed by atoms with van der Waals surface area (Å²) < 4.78 is 5.71. The highest BCUT2D eigenvalue weighted by Crippen LogP contribution is 2.32. The number of furan rings is 1. The number of rotatable bonds is 5. The molecule has 2 aromatic heterocycles. The van der Waals surface area contributed by atoms with Crippen molar-refractivity contribution in [3.05, 3.63) is 47.2 Å². The fourth-order valence-electron chi connectivity index (χ4n) is 2.63. The normalized spacial score (nSPS) is 11.7. The predicted octanol–water partition coefficient (Wildman–Crippen LogP) is 3.03. The zero-order valence-corrected chi connectivity index (χ0v) is 17.7. The Morgan fingerprint density at radius 3 is 2.47 bits per heavy atom. The first-order chi connectivity index (χ1) is 14.3. The van der Waals surface area contributed by atoms with E-state index in [1.54, 1.807) is 38.1 Å². The number of nitrogens with zero attached hydrogens (tertiary/aromatic N) is 2. The van der Waals surface area contributed by atoms with Crippen LogP contribution in [0.4, 0.5) is 10.6 Å². The van der Waals surface area contributed by atoms with E-state index in [-0.39, 0.29) is 11.1 Å². The average Bonchev–Trinajstić information content (AvgIpc) is 3.02. The highest BCUT2D eigenvalue weighted by atomic mass is 32.2. The van der Waals surface area contributed by atoms with Crippen LogP contribution in [0.2, 0.25) is 0 Å². The van der Waals surface area contributed by atoms with Gasteiger partial charge in [-0.05, 0) is 32.9 Å². The summed E-state index contributed by atoms with van der Waals surface area (Å²) in [6.45, 7) is 5.28. The summed E-state index contributed by atoms with van der Waals surface area (Å²) in [5.41, 5.74) is 1.61. The second kappa shape index (κ2) is 8.95. The number of thioether (sulfide) groups is 1. The summed E-state index contributed by atoms with van der Waals surface area (Å²) in [5.74, 6) is 0.131. The van der Waals surface area contributed by atoms with Crippen molar-refractivity contribution in [3.63, 3.8) is 0 Å². The number of fused-ring (bicyclic) bond motifs is 1. The van der Waals surface area contributed by atoms with Crippen molar-refractivity contribution < 1.29 is 18.8 Å². The lowest BCUT2D eigenvalue weighted by Gasteiger charge is -2.11. The molecule has 2 heterocycles. The third-order valence-corrected chi connectivity index (χ3v) is 5.35. The summed E-state index contributed by atoms with van der Waals surface area (Å²) in [7, 11) is 1.42. The number of hydrogen-bond donors (Lipinski definition) is 3. The molecule has 0 bridgehead atoms. The van der Waals surface area contributed by atoms with Crippen molar-refractivity contribution in [3.8, 4) is 0 Å². The van der Waals surface area contributed by atoms with Crippen LogP contribution >= 0.6 is 11.8 Å². The van der Waals surface area contributed by atoms with Crippen molar-refractivity contribution in [2.75, 3.05) is 12.4 Å². The van der Waals surface area contributed by atoms with Crippen molar-refractivity contribution in [2.45, 2.75) is 31.2 Å². The van der Waals surface area contributed by atoms with Crippen molar-refractivity contribution in [1.29, 1.82) is 0 Å². The minimum Gasteiger partial charge on any atom is -0.443 e. The third-order valence-electron chi connectivity index (χ3n) is 4.39. The van der Waals surface area contributed by atoms with Gasteiger partial charge in [-0.25, -0.2) is 9.78 Å². The first-order valence-corrected chi connectivity index (χ1v) is 10.0. The SMILES string of the molecule is CNC(=O)NC(=O)C(C)Sc1nc(NC(=O)c2ccccc2)c2c(C)c(C)oc2n1. The number of aryl methyl sites for hydroxylation is 2. The van der Waals surface area contributed by atoms with Crippen molar-refractivity contribution in [1.82, 2.24) is 20.6 Å². The van der Waals surface area contributed by atoms with Gasteiger partial charge in [0, 0.05) is 18.2 Å². The molecule has 156 valence electrons. The molecule has 0 aliphatic rings. The molecule has 0 aliphatic carbocycles. The summed E-state index contributed by atoms with van der Waals surface area (Å²) in [4.78, 5) is 45.0. The third kappa shape index (κ3) is 4.60.